The van der Waals surface area contributed by atoms with E-state index >= 15 is 0 Å². The number of nitrogens with two attached hydrogens (primary N) is 1. The molecule has 2 aliphatic rings. The minimum atomic E-state index is -0.616. The van der Waals surface area contributed by atoms with Gasteiger partial charge in [0.05, 0.1) is 18.8 Å². The fraction of sp³-hybridized carbons (Fsp3) is 1.00. The minimum Gasteiger partial charge on any atom is -0.390 e. The molecule has 0 aromatic heterocycles. The van der Waals surface area contributed by atoms with Gasteiger partial charge in [-0.05, 0) is 25.3 Å². The quantitative estimate of drug-likeness (QED) is 0.709. The Bertz CT molecular complexity index is 216. The normalized spacial score (nSPS) is 30.6. The van der Waals surface area contributed by atoms with E-state index in [1.165, 1.54) is 0 Å². The first kappa shape index (κ1) is 11.3. The van der Waals surface area contributed by atoms with Gasteiger partial charge in [0.1, 0.15) is 0 Å². The zero-order valence-electron chi connectivity index (χ0n) is 9.37. The molecule has 0 radical (unpaired) electrons. The molecule has 15 heavy (non-hydrogen) atoms. The van der Waals surface area contributed by atoms with Gasteiger partial charge in [0.15, 0.2) is 5.79 Å². The molecule has 1 aliphatic carbocycles. The molecule has 0 aromatic rings. The maximum absolute atomic E-state index is 10.4. The second-order valence-electron chi connectivity index (χ2n) is 4.85. The van der Waals surface area contributed by atoms with Gasteiger partial charge in [-0.25, -0.2) is 0 Å². The molecule has 3 N–H and O–H groups in total. The summed E-state index contributed by atoms with van der Waals surface area (Å²) >= 11 is 0. The van der Waals surface area contributed by atoms with Gasteiger partial charge < -0.3 is 20.3 Å². The van der Waals surface area contributed by atoms with E-state index < -0.39 is 5.60 Å². The Morgan fingerprint density at radius 2 is 1.73 bits per heavy atom. The highest BCUT2D eigenvalue weighted by Crippen LogP contribution is 2.42. The predicted molar refractivity (Wildman–Crippen MR) is 56.3 cm³/mol. The summed E-state index contributed by atoms with van der Waals surface area (Å²) in [6, 6.07) is 0. The molecule has 0 aromatic carbocycles. The fourth-order valence-electron chi connectivity index (χ4n) is 2.56. The third-order valence-electron chi connectivity index (χ3n) is 3.96. The lowest BCUT2D eigenvalue weighted by atomic mass is 9.74. The molecule has 4 nitrogen and oxygen atoms in total. The van der Waals surface area contributed by atoms with E-state index in [-0.39, 0.29) is 11.7 Å². The van der Waals surface area contributed by atoms with Crippen LogP contribution in [0.2, 0.25) is 0 Å². The highest BCUT2D eigenvalue weighted by atomic mass is 16.7. The van der Waals surface area contributed by atoms with Crippen LogP contribution in [0.5, 0.6) is 0 Å². The van der Waals surface area contributed by atoms with Gasteiger partial charge in [-0.3, -0.25) is 0 Å². The van der Waals surface area contributed by atoms with Crippen molar-refractivity contribution in [3.05, 3.63) is 0 Å². The van der Waals surface area contributed by atoms with Gasteiger partial charge in [-0.1, -0.05) is 6.92 Å². The lowest BCUT2D eigenvalue weighted by molar-refractivity contribution is -0.208. The van der Waals surface area contributed by atoms with Crippen LogP contribution in [-0.4, -0.2) is 36.3 Å². The van der Waals surface area contributed by atoms with Crippen LogP contribution >= 0.6 is 0 Å². The Labute approximate surface area is 90.7 Å². The van der Waals surface area contributed by atoms with Crippen LogP contribution in [0.25, 0.3) is 0 Å². The summed E-state index contributed by atoms with van der Waals surface area (Å²) in [5.74, 6) is -0.239. The highest BCUT2D eigenvalue weighted by molar-refractivity contribution is 4.94. The Morgan fingerprint density at radius 3 is 2.20 bits per heavy atom. The molecule has 1 saturated carbocycles. The molecule has 2 rings (SSSR count). The summed E-state index contributed by atoms with van der Waals surface area (Å²) in [5, 5.41) is 10.4. The summed E-state index contributed by atoms with van der Waals surface area (Å²) < 4.78 is 11.2. The molecule has 1 aliphatic heterocycles. The number of hydrogen-bond acceptors (Lipinski definition) is 4. The Kier molecular flexibility index (Phi) is 3.03. The molecule has 1 spiro atoms. The Balaban J connectivity index is 1.96. The number of hydrogen-bond donors (Lipinski definition) is 2. The van der Waals surface area contributed by atoms with E-state index in [4.69, 9.17) is 15.2 Å². The maximum Gasteiger partial charge on any atom is 0.168 e. The third-order valence-corrected chi connectivity index (χ3v) is 3.96. The third kappa shape index (κ3) is 2.04. The minimum absolute atomic E-state index is 0.149. The van der Waals surface area contributed by atoms with Crippen molar-refractivity contribution >= 4 is 0 Å². The SMILES string of the molecule is CC(CN)C1(O)CCC2(CC1)OCCO2. The van der Waals surface area contributed by atoms with E-state index in [2.05, 4.69) is 0 Å². The van der Waals surface area contributed by atoms with Crippen LogP contribution in [0, 0.1) is 5.92 Å². The Morgan fingerprint density at radius 1 is 1.20 bits per heavy atom. The molecule has 1 unspecified atom stereocenters. The standard InChI is InChI=1S/C11H21NO3/c1-9(8-12)10(13)2-4-11(5-3-10)14-6-7-15-11/h9,13H,2-8,12H2,1H3. The van der Waals surface area contributed by atoms with Crippen molar-refractivity contribution in [3.63, 3.8) is 0 Å². The molecule has 1 heterocycles. The second-order valence-corrected chi connectivity index (χ2v) is 4.85. The molecule has 2 fully saturated rings. The first-order chi connectivity index (χ1) is 7.10. The number of aliphatic hydroxyl groups is 1. The topological polar surface area (TPSA) is 64.7 Å². The van der Waals surface area contributed by atoms with E-state index in [1.807, 2.05) is 6.92 Å². The van der Waals surface area contributed by atoms with Crippen LogP contribution in [-0.2, 0) is 9.47 Å². The lowest BCUT2D eigenvalue weighted by Crippen LogP contribution is -2.48. The smallest absolute Gasteiger partial charge is 0.168 e. The van der Waals surface area contributed by atoms with Crippen molar-refractivity contribution in [1.29, 1.82) is 0 Å². The van der Waals surface area contributed by atoms with Crippen molar-refractivity contribution in [3.8, 4) is 0 Å². The molecule has 1 atom stereocenters. The van der Waals surface area contributed by atoms with Crippen LogP contribution in [0.15, 0.2) is 0 Å². The molecular weight excluding hydrogens is 194 g/mol. The monoisotopic (exact) mass is 215 g/mol. The molecule has 88 valence electrons. The predicted octanol–water partition coefficient (Wildman–Crippen LogP) is 0.629. The summed E-state index contributed by atoms with van der Waals surface area (Å²) in [4.78, 5) is 0. The van der Waals surface area contributed by atoms with E-state index in [0.29, 0.717) is 19.8 Å². The highest BCUT2D eigenvalue weighted by Gasteiger charge is 2.47. The van der Waals surface area contributed by atoms with Gasteiger partial charge in [-0.15, -0.1) is 0 Å². The summed E-state index contributed by atoms with van der Waals surface area (Å²) in [6.45, 7) is 3.91. The van der Waals surface area contributed by atoms with Crippen LogP contribution < -0.4 is 5.73 Å². The van der Waals surface area contributed by atoms with Crippen molar-refractivity contribution in [2.75, 3.05) is 19.8 Å². The van der Waals surface area contributed by atoms with Crippen LogP contribution in [0.3, 0.4) is 0 Å². The van der Waals surface area contributed by atoms with E-state index in [0.717, 1.165) is 25.7 Å². The summed E-state index contributed by atoms with van der Waals surface area (Å²) in [6.07, 6.45) is 3.03. The zero-order chi connectivity index (χ0) is 10.9. The molecule has 0 amide bonds. The van der Waals surface area contributed by atoms with Crippen LogP contribution in [0.4, 0.5) is 0 Å². The largest absolute Gasteiger partial charge is 0.390 e. The van der Waals surface area contributed by atoms with Crippen molar-refractivity contribution in [2.24, 2.45) is 11.7 Å². The van der Waals surface area contributed by atoms with Crippen LogP contribution in [0.1, 0.15) is 32.6 Å². The fourth-order valence-corrected chi connectivity index (χ4v) is 2.56. The van der Waals surface area contributed by atoms with Gasteiger partial charge in [0.25, 0.3) is 0 Å². The van der Waals surface area contributed by atoms with Gasteiger partial charge >= 0.3 is 0 Å². The molecule has 0 bridgehead atoms. The Hall–Kier alpha value is -0.160. The van der Waals surface area contributed by atoms with Crippen molar-refractivity contribution in [2.45, 2.75) is 44.0 Å². The van der Waals surface area contributed by atoms with E-state index in [1.54, 1.807) is 0 Å². The van der Waals surface area contributed by atoms with Gasteiger partial charge in [0, 0.05) is 12.8 Å². The second kappa shape index (κ2) is 4.01. The van der Waals surface area contributed by atoms with Gasteiger partial charge in [-0.2, -0.15) is 0 Å². The molecule has 1 saturated heterocycles. The summed E-state index contributed by atoms with van der Waals surface area (Å²) in [5.41, 5.74) is 4.99. The van der Waals surface area contributed by atoms with E-state index in [9.17, 15) is 5.11 Å². The average molecular weight is 215 g/mol. The molecule has 4 heteroatoms. The van der Waals surface area contributed by atoms with Crippen molar-refractivity contribution in [1.82, 2.24) is 0 Å². The number of ether oxygens (including phenoxy) is 2. The first-order valence-electron chi connectivity index (χ1n) is 5.81. The number of rotatable bonds is 2. The average Bonchev–Trinajstić information content (AvgIpc) is 2.71. The lowest BCUT2D eigenvalue weighted by Gasteiger charge is -2.43. The van der Waals surface area contributed by atoms with Crippen molar-refractivity contribution < 1.29 is 14.6 Å². The maximum atomic E-state index is 10.4. The zero-order valence-corrected chi connectivity index (χ0v) is 9.37. The summed E-state index contributed by atoms with van der Waals surface area (Å²) in [7, 11) is 0. The van der Waals surface area contributed by atoms with Gasteiger partial charge in [0.2, 0.25) is 0 Å². The molecular formula is C11H21NO3. The first-order valence-corrected chi connectivity index (χ1v) is 5.81.